The molecule has 20 heavy (non-hydrogen) atoms. The van der Waals surface area contributed by atoms with Crippen LogP contribution in [0.1, 0.15) is 0 Å². The predicted molar refractivity (Wildman–Crippen MR) is 72.7 cm³/mol. The van der Waals surface area contributed by atoms with Gasteiger partial charge in [-0.1, -0.05) is 6.07 Å². The number of hydrogen-bond acceptors (Lipinski definition) is 5. The molecule has 0 fully saturated rings. The summed E-state index contributed by atoms with van der Waals surface area (Å²) in [6.07, 6.45) is 0. The van der Waals surface area contributed by atoms with Crippen LogP contribution < -0.4 is 4.74 Å². The Morgan fingerprint density at radius 1 is 1.25 bits per heavy atom. The second kappa shape index (κ2) is 4.65. The van der Waals surface area contributed by atoms with Gasteiger partial charge in [-0.05, 0) is 18.2 Å². The van der Waals surface area contributed by atoms with Gasteiger partial charge in [-0.25, -0.2) is 4.98 Å². The average molecular weight is 270 g/mol. The summed E-state index contributed by atoms with van der Waals surface area (Å²) in [4.78, 5) is 14.7. The molecule has 0 saturated carbocycles. The van der Waals surface area contributed by atoms with Crippen LogP contribution in [0.25, 0.3) is 22.6 Å². The van der Waals surface area contributed by atoms with E-state index in [0.717, 1.165) is 0 Å². The maximum Gasteiger partial charge on any atom is 0.270 e. The molecule has 6 nitrogen and oxygen atoms in total. The van der Waals surface area contributed by atoms with Gasteiger partial charge in [0.1, 0.15) is 11.3 Å². The first kappa shape index (κ1) is 12.2. The number of nitro benzene ring substituents is 1. The Balaban J connectivity index is 2.10. The summed E-state index contributed by atoms with van der Waals surface area (Å²) in [6, 6.07) is 11.4. The van der Waals surface area contributed by atoms with E-state index < -0.39 is 4.92 Å². The third-order valence-corrected chi connectivity index (χ3v) is 2.90. The highest BCUT2D eigenvalue weighted by atomic mass is 16.6. The molecule has 0 spiro atoms. The molecule has 2 aromatic carbocycles. The molecule has 0 amide bonds. The topological polar surface area (TPSA) is 78.4 Å². The van der Waals surface area contributed by atoms with Gasteiger partial charge < -0.3 is 9.15 Å². The summed E-state index contributed by atoms with van der Waals surface area (Å²) in [5.41, 5.74) is 1.81. The number of methoxy groups -OCH3 is 1. The number of ether oxygens (including phenoxy) is 1. The predicted octanol–water partition coefficient (Wildman–Crippen LogP) is 3.41. The monoisotopic (exact) mass is 270 g/mol. The number of rotatable bonds is 3. The average Bonchev–Trinajstić information content (AvgIpc) is 2.90. The van der Waals surface area contributed by atoms with Crippen LogP contribution in [0.2, 0.25) is 0 Å². The molecule has 0 aliphatic rings. The molecule has 100 valence electrons. The van der Waals surface area contributed by atoms with Crippen molar-refractivity contribution in [2.45, 2.75) is 0 Å². The van der Waals surface area contributed by atoms with Gasteiger partial charge in [0.2, 0.25) is 5.89 Å². The molecule has 0 aliphatic heterocycles. The minimum absolute atomic E-state index is 0.00216. The number of benzene rings is 2. The fourth-order valence-corrected chi connectivity index (χ4v) is 1.91. The number of nitro groups is 1. The summed E-state index contributed by atoms with van der Waals surface area (Å²) < 4.78 is 10.7. The van der Waals surface area contributed by atoms with Crippen LogP contribution in [0.3, 0.4) is 0 Å². The third kappa shape index (κ3) is 2.07. The lowest BCUT2D eigenvalue weighted by Crippen LogP contribution is -1.87. The molecule has 1 aromatic heterocycles. The lowest BCUT2D eigenvalue weighted by Gasteiger charge is -1.95. The first-order valence-corrected chi connectivity index (χ1v) is 5.87. The van der Waals surface area contributed by atoms with Crippen LogP contribution in [-0.4, -0.2) is 17.0 Å². The van der Waals surface area contributed by atoms with Crippen LogP contribution in [0.5, 0.6) is 5.75 Å². The molecule has 0 unspecified atom stereocenters. The minimum atomic E-state index is -0.449. The highest BCUT2D eigenvalue weighted by Gasteiger charge is 2.12. The van der Waals surface area contributed by atoms with E-state index in [1.807, 2.05) is 0 Å². The number of aromatic nitrogens is 1. The maximum atomic E-state index is 10.8. The normalized spacial score (nSPS) is 10.7. The van der Waals surface area contributed by atoms with Gasteiger partial charge in [0, 0.05) is 23.8 Å². The van der Waals surface area contributed by atoms with Crippen molar-refractivity contribution < 1.29 is 14.1 Å². The Labute approximate surface area is 113 Å². The van der Waals surface area contributed by atoms with Crippen LogP contribution in [0.4, 0.5) is 5.69 Å². The molecule has 1 heterocycles. The van der Waals surface area contributed by atoms with Crippen molar-refractivity contribution >= 4 is 16.8 Å². The second-order valence-corrected chi connectivity index (χ2v) is 4.16. The zero-order chi connectivity index (χ0) is 14.1. The van der Waals surface area contributed by atoms with Crippen LogP contribution >= 0.6 is 0 Å². The van der Waals surface area contributed by atoms with E-state index in [0.29, 0.717) is 28.3 Å². The van der Waals surface area contributed by atoms with Crippen molar-refractivity contribution in [3.8, 4) is 17.2 Å². The highest BCUT2D eigenvalue weighted by Crippen LogP contribution is 2.28. The van der Waals surface area contributed by atoms with Crippen LogP contribution in [0, 0.1) is 10.1 Å². The van der Waals surface area contributed by atoms with Crippen LogP contribution in [0.15, 0.2) is 46.9 Å². The fraction of sp³-hybridized carbons (Fsp3) is 0.0714. The van der Waals surface area contributed by atoms with Crippen molar-refractivity contribution in [3.63, 3.8) is 0 Å². The molecule has 6 heteroatoms. The number of fused-ring (bicyclic) bond motifs is 1. The SMILES string of the molecule is COc1ccc2oc(-c3cccc([N+](=O)[O-])c3)nc2c1. The zero-order valence-corrected chi connectivity index (χ0v) is 10.6. The summed E-state index contributed by atoms with van der Waals surface area (Å²) in [6.45, 7) is 0. The molecular weight excluding hydrogens is 260 g/mol. The van der Waals surface area contributed by atoms with E-state index in [9.17, 15) is 10.1 Å². The van der Waals surface area contributed by atoms with E-state index >= 15 is 0 Å². The molecule has 0 bridgehead atoms. The van der Waals surface area contributed by atoms with E-state index in [4.69, 9.17) is 9.15 Å². The highest BCUT2D eigenvalue weighted by molar-refractivity contribution is 5.78. The van der Waals surface area contributed by atoms with Crippen LogP contribution in [-0.2, 0) is 0 Å². The quantitative estimate of drug-likeness (QED) is 0.538. The van der Waals surface area contributed by atoms with E-state index in [1.165, 1.54) is 12.1 Å². The Morgan fingerprint density at radius 2 is 2.10 bits per heavy atom. The standard InChI is InChI=1S/C14H10N2O4/c1-19-11-5-6-13-12(8-11)15-14(20-13)9-3-2-4-10(7-9)16(17)18/h2-8H,1H3. The molecule has 0 saturated heterocycles. The first-order chi connectivity index (χ1) is 9.67. The summed E-state index contributed by atoms with van der Waals surface area (Å²) >= 11 is 0. The number of hydrogen-bond donors (Lipinski definition) is 0. The van der Waals surface area contributed by atoms with Gasteiger partial charge >= 0.3 is 0 Å². The molecule has 0 N–H and O–H groups in total. The Morgan fingerprint density at radius 3 is 2.85 bits per heavy atom. The lowest BCUT2D eigenvalue weighted by atomic mass is 10.2. The molecule has 0 aliphatic carbocycles. The van der Waals surface area contributed by atoms with E-state index in [1.54, 1.807) is 37.4 Å². The zero-order valence-electron chi connectivity index (χ0n) is 10.6. The van der Waals surface area contributed by atoms with Gasteiger partial charge in [0.25, 0.3) is 5.69 Å². The Hall–Kier alpha value is -2.89. The summed E-state index contributed by atoms with van der Waals surface area (Å²) in [5.74, 6) is 1.02. The largest absolute Gasteiger partial charge is 0.497 e. The van der Waals surface area contributed by atoms with Gasteiger partial charge in [-0.3, -0.25) is 10.1 Å². The summed E-state index contributed by atoms with van der Waals surface area (Å²) in [7, 11) is 1.57. The van der Waals surface area contributed by atoms with Crippen molar-refractivity contribution in [3.05, 3.63) is 52.6 Å². The lowest BCUT2D eigenvalue weighted by molar-refractivity contribution is -0.384. The molecule has 3 rings (SSSR count). The number of oxazole rings is 1. The Kier molecular flexibility index (Phi) is 2.83. The maximum absolute atomic E-state index is 10.8. The van der Waals surface area contributed by atoms with Crippen molar-refractivity contribution in [1.29, 1.82) is 0 Å². The second-order valence-electron chi connectivity index (χ2n) is 4.16. The van der Waals surface area contributed by atoms with Crippen molar-refractivity contribution in [2.75, 3.05) is 7.11 Å². The van der Waals surface area contributed by atoms with Crippen molar-refractivity contribution in [1.82, 2.24) is 4.98 Å². The Bertz CT molecular complexity index is 795. The first-order valence-electron chi connectivity index (χ1n) is 5.87. The minimum Gasteiger partial charge on any atom is -0.497 e. The molecule has 0 radical (unpaired) electrons. The van der Waals surface area contributed by atoms with E-state index in [-0.39, 0.29) is 5.69 Å². The molecular formula is C14H10N2O4. The fourth-order valence-electron chi connectivity index (χ4n) is 1.91. The van der Waals surface area contributed by atoms with Gasteiger partial charge in [0.05, 0.1) is 12.0 Å². The van der Waals surface area contributed by atoms with Gasteiger partial charge in [-0.15, -0.1) is 0 Å². The van der Waals surface area contributed by atoms with Gasteiger partial charge in [0.15, 0.2) is 5.58 Å². The smallest absolute Gasteiger partial charge is 0.270 e. The number of nitrogens with zero attached hydrogens (tertiary/aromatic N) is 2. The molecule has 0 atom stereocenters. The van der Waals surface area contributed by atoms with Gasteiger partial charge in [-0.2, -0.15) is 0 Å². The summed E-state index contributed by atoms with van der Waals surface area (Å²) in [5, 5.41) is 10.8. The van der Waals surface area contributed by atoms with E-state index in [2.05, 4.69) is 4.98 Å². The van der Waals surface area contributed by atoms with Crippen molar-refractivity contribution in [2.24, 2.45) is 0 Å². The third-order valence-electron chi connectivity index (χ3n) is 2.90. The number of non-ortho nitro benzene ring substituents is 1. The molecule has 3 aromatic rings.